The van der Waals surface area contributed by atoms with Gasteiger partial charge in [-0.2, -0.15) is 0 Å². The van der Waals surface area contributed by atoms with E-state index in [0.29, 0.717) is 30.0 Å². The van der Waals surface area contributed by atoms with Gasteiger partial charge >= 0.3 is 5.97 Å². The molecule has 3 aromatic carbocycles. The van der Waals surface area contributed by atoms with E-state index in [1.54, 1.807) is 19.2 Å². The Labute approximate surface area is 202 Å². The second-order valence-corrected chi connectivity index (χ2v) is 8.13. The van der Waals surface area contributed by atoms with Crippen molar-refractivity contribution in [2.45, 2.75) is 26.4 Å². The van der Waals surface area contributed by atoms with Crippen LogP contribution in [0.2, 0.25) is 0 Å². The Bertz CT molecular complexity index is 1320. The molecule has 0 atom stereocenters. The van der Waals surface area contributed by atoms with Crippen molar-refractivity contribution in [1.29, 1.82) is 0 Å². The van der Waals surface area contributed by atoms with E-state index in [1.165, 1.54) is 12.1 Å². The van der Waals surface area contributed by atoms with Crippen molar-refractivity contribution >= 4 is 5.97 Å². The average molecular weight is 476 g/mol. The van der Waals surface area contributed by atoms with Crippen LogP contribution in [-0.4, -0.2) is 29.9 Å². The Hall–Kier alpha value is -3.97. The summed E-state index contributed by atoms with van der Waals surface area (Å²) < 4.78 is 31.0. The Morgan fingerprint density at radius 3 is 2.51 bits per heavy atom. The van der Waals surface area contributed by atoms with Gasteiger partial charge in [0.2, 0.25) is 0 Å². The van der Waals surface area contributed by atoms with Crippen LogP contribution in [0.15, 0.2) is 71.3 Å². The third-order valence-corrected chi connectivity index (χ3v) is 5.77. The number of hydrogen-bond acceptors (Lipinski definition) is 5. The third-order valence-electron chi connectivity index (χ3n) is 5.77. The summed E-state index contributed by atoms with van der Waals surface area (Å²) in [6.45, 7) is 2.58. The van der Waals surface area contributed by atoms with Crippen LogP contribution in [0.4, 0.5) is 4.39 Å². The number of hydrogen-bond donors (Lipinski definition) is 1. The molecule has 4 rings (SSSR count). The topological polar surface area (TPSA) is 81.8 Å². The maximum atomic E-state index is 14.6. The second kappa shape index (κ2) is 11.0. The van der Waals surface area contributed by atoms with Crippen molar-refractivity contribution in [2.75, 3.05) is 13.7 Å². The zero-order chi connectivity index (χ0) is 24.8. The molecule has 1 N–H and O–H groups in total. The van der Waals surface area contributed by atoms with Crippen LogP contribution in [0.1, 0.15) is 24.0 Å². The molecule has 0 saturated carbocycles. The van der Waals surface area contributed by atoms with E-state index in [1.807, 2.05) is 24.3 Å². The third kappa shape index (κ3) is 5.58. The van der Waals surface area contributed by atoms with E-state index >= 15 is 0 Å². The Morgan fingerprint density at radius 2 is 1.80 bits per heavy atom. The van der Waals surface area contributed by atoms with Gasteiger partial charge in [-0.3, -0.25) is 4.79 Å². The maximum absolute atomic E-state index is 14.6. The summed E-state index contributed by atoms with van der Waals surface area (Å²) in [4.78, 5) is 10.6. The monoisotopic (exact) mass is 475 g/mol. The summed E-state index contributed by atoms with van der Waals surface area (Å²) in [6, 6.07) is 20.5. The van der Waals surface area contributed by atoms with E-state index in [-0.39, 0.29) is 18.8 Å². The van der Waals surface area contributed by atoms with Crippen LogP contribution in [0, 0.1) is 12.7 Å². The van der Waals surface area contributed by atoms with Gasteiger partial charge in [0.15, 0.2) is 17.3 Å². The zero-order valence-corrected chi connectivity index (χ0v) is 19.6. The van der Waals surface area contributed by atoms with Crippen LogP contribution < -0.4 is 4.74 Å². The van der Waals surface area contributed by atoms with Crippen LogP contribution in [0.25, 0.3) is 33.7 Å². The van der Waals surface area contributed by atoms with Crippen LogP contribution in [0.5, 0.6) is 5.75 Å². The second-order valence-electron chi connectivity index (χ2n) is 8.13. The standard InChI is InChI=1S/C28H26FNO5/c1-18-21(19-7-4-3-5-8-19)11-12-22(23(18)17-33-2)27-16-25(30-35-27)20-10-13-26(24(29)15-20)34-14-6-9-28(31)32/h3-5,7-8,10-13,15-16H,6,9,14,17H2,1-2H3,(H,31,32). The molecule has 0 spiro atoms. The fourth-order valence-corrected chi connectivity index (χ4v) is 3.97. The number of halogens is 1. The smallest absolute Gasteiger partial charge is 0.303 e. The molecule has 0 bridgehead atoms. The van der Waals surface area contributed by atoms with Crippen LogP contribution >= 0.6 is 0 Å². The minimum absolute atomic E-state index is 0.0295. The number of carboxylic acid groups (broad SMARTS) is 1. The summed E-state index contributed by atoms with van der Waals surface area (Å²) in [5, 5.41) is 12.8. The minimum Gasteiger partial charge on any atom is -0.491 e. The maximum Gasteiger partial charge on any atom is 0.303 e. The van der Waals surface area contributed by atoms with E-state index in [4.69, 9.17) is 19.1 Å². The highest BCUT2D eigenvalue weighted by Crippen LogP contribution is 2.35. The molecule has 0 aliphatic rings. The van der Waals surface area contributed by atoms with E-state index in [9.17, 15) is 9.18 Å². The molecular weight excluding hydrogens is 449 g/mol. The number of carbonyl (C=O) groups is 1. The fourth-order valence-electron chi connectivity index (χ4n) is 3.97. The number of benzene rings is 3. The quantitative estimate of drug-likeness (QED) is 0.263. The minimum atomic E-state index is -0.912. The van der Waals surface area contributed by atoms with E-state index < -0.39 is 11.8 Å². The van der Waals surface area contributed by atoms with Gasteiger partial charge in [-0.15, -0.1) is 0 Å². The van der Waals surface area contributed by atoms with Gasteiger partial charge in [0.1, 0.15) is 5.69 Å². The summed E-state index contributed by atoms with van der Waals surface area (Å²) in [5.41, 5.74) is 6.21. The molecule has 0 unspecified atom stereocenters. The highest BCUT2D eigenvalue weighted by molar-refractivity contribution is 5.77. The van der Waals surface area contributed by atoms with Gasteiger partial charge in [-0.1, -0.05) is 47.6 Å². The molecule has 0 aliphatic heterocycles. The SMILES string of the molecule is COCc1c(-c2cc(-c3ccc(OCCCC(=O)O)c(F)c3)no2)ccc(-c2ccccc2)c1C. The van der Waals surface area contributed by atoms with Gasteiger partial charge < -0.3 is 19.1 Å². The van der Waals surface area contributed by atoms with Gasteiger partial charge in [-0.25, -0.2) is 4.39 Å². The van der Waals surface area contributed by atoms with Gasteiger partial charge in [0, 0.05) is 30.7 Å². The molecule has 0 radical (unpaired) electrons. The summed E-state index contributed by atoms with van der Waals surface area (Å²) in [7, 11) is 1.65. The van der Waals surface area contributed by atoms with Crippen molar-refractivity contribution in [3.05, 3.63) is 83.7 Å². The molecule has 0 aliphatic carbocycles. The Kier molecular flexibility index (Phi) is 7.57. The van der Waals surface area contributed by atoms with Crippen molar-refractivity contribution < 1.29 is 28.3 Å². The molecule has 7 heteroatoms. The number of ether oxygens (including phenoxy) is 2. The normalized spacial score (nSPS) is 10.9. The molecule has 0 saturated heterocycles. The zero-order valence-electron chi connectivity index (χ0n) is 19.6. The van der Waals surface area contributed by atoms with E-state index in [0.717, 1.165) is 27.8 Å². The van der Waals surface area contributed by atoms with Crippen molar-refractivity contribution in [1.82, 2.24) is 5.16 Å². The first-order chi connectivity index (χ1) is 17.0. The molecule has 0 amide bonds. The number of aromatic nitrogens is 1. The van der Waals surface area contributed by atoms with Crippen molar-refractivity contribution in [3.63, 3.8) is 0 Å². The molecule has 4 aromatic rings. The number of aliphatic carboxylic acids is 1. The molecule has 6 nitrogen and oxygen atoms in total. The predicted octanol–water partition coefficient (Wildman–Crippen LogP) is 6.51. The molecule has 0 fully saturated rings. The lowest BCUT2D eigenvalue weighted by Crippen LogP contribution is -2.03. The van der Waals surface area contributed by atoms with Crippen LogP contribution in [-0.2, 0) is 16.1 Å². The lowest BCUT2D eigenvalue weighted by molar-refractivity contribution is -0.137. The number of methoxy groups -OCH3 is 1. The Balaban J connectivity index is 1.59. The van der Waals surface area contributed by atoms with Gasteiger partial charge in [0.25, 0.3) is 0 Å². The fraction of sp³-hybridized carbons (Fsp3) is 0.214. The molecule has 1 aromatic heterocycles. The Morgan fingerprint density at radius 1 is 1.03 bits per heavy atom. The van der Waals surface area contributed by atoms with Crippen molar-refractivity contribution in [3.8, 4) is 39.5 Å². The largest absolute Gasteiger partial charge is 0.491 e. The van der Waals surface area contributed by atoms with Gasteiger partial charge in [-0.05, 0) is 53.8 Å². The van der Waals surface area contributed by atoms with Gasteiger partial charge in [0.05, 0.1) is 13.2 Å². The van der Waals surface area contributed by atoms with E-state index in [2.05, 4.69) is 30.3 Å². The molecular formula is C28H26FNO5. The number of rotatable bonds is 10. The number of nitrogens with zero attached hydrogens (tertiary/aromatic N) is 1. The number of carboxylic acids is 1. The molecule has 1 heterocycles. The summed E-state index contributed by atoms with van der Waals surface area (Å²) in [6.07, 6.45) is 0.272. The first kappa shape index (κ1) is 24.2. The highest BCUT2D eigenvalue weighted by atomic mass is 19.1. The molecule has 180 valence electrons. The first-order valence-electron chi connectivity index (χ1n) is 11.3. The lowest BCUT2D eigenvalue weighted by Gasteiger charge is -2.15. The summed E-state index contributed by atoms with van der Waals surface area (Å²) >= 11 is 0. The van der Waals surface area contributed by atoms with Crippen LogP contribution in [0.3, 0.4) is 0 Å². The van der Waals surface area contributed by atoms with Crippen molar-refractivity contribution in [2.24, 2.45) is 0 Å². The molecule has 35 heavy (non-hydrogen) atoms. The average Bonchev–Trinajstić information content (AvgIpc) is 3.34. The highest BCUT2D eigenvalue weighted by Gasteiger charge is 2.18. The lowest BCUT2D eigenvalue weighted by atomic mass is 9.92. The predicted molar refractivity (Wildman–Crippen MR) is 131 cm³/mol. The summed E-state index contributed by atoms with van der Waals surface area (Å²) in [5.74, 6) is -0.836. The first-order valence-corrected chi connectivity index (χ1v) is 11.3.